The fourth-order valence-electron chi connectivity index (χ4n) is 3.25. The molecule has 0 aliphatic heterocycles. The summed E-state index contributed by atoms with van der Waals surface area (Å²) in [6.07, 6.45) is 0.0477. The van der Waals surface area contributed by atoms with Crippen molar-refractivity contribution in [1.82, 2.24) is 15.5 Å². The fourth-order valence-corrected chi connectivity index (χ4v) is 3.25. The number of hydrogen-bond donors (Lipinski definition) is 2. The third kappa shape index (κ3) is 9.70. The van der Waals surface area contributed by atoms with E-state index in [0.29, 0.717) is 28.9 Å². The molecule has 0 heterocycles. The number of benzene rings is 1. The van der Waals surface area contributed by atoms with Gasteiger partial charge >= 0.3 is 6.18 Å². The molecule has 0 atom stereocenters. The maximum Gasteiger partial charge on any atom is 0.406 e. The molecule has 1 amide bonds. The molecule has 2 N–H and O–H groups in total. The fraction of sp³-hybridized carbons (Fsp3) is 0.619. The molecule has 7 nitrogen and oxygen atoms in total. The molecule has 0 unspecified atom stereocenters. The van der Waals surface area contributed by atoms with E-state index in [4.69, 9.17) is 9.47 Å². The van der Waals surface area contributed by atoms with E-state index in [2.05, 4.69) is 15.6 Å². The minimum atomic E-state index is -4.44. The summed E-state index contributed by atoms with van der Waals surface area (Å²) in [4.78, 5) is 17.1. The van der Waals surface area contributed by atoms with Gasteiger partial charge in [-0.1, -0.05) is 0 Å². The van der Waals surface area contributed by atoms with Crippen molar-refractivity contribution in [3.8, 4) is 11.5 Å². The van der Waals surface area contributed by atoms with Crippen molar-refractivity contribution in [1.29, 1.82) is 0 Å². The summed E-state index contributed by atoms with van der Waals surface area (Å²) in [6, 6.07) is 5.53. The van der Waals surface area contributed by atoms with E-state index in [9.17, 15) is 18.0 Å². The summed E-state index contributed by atoms with van der Waals surface area (Å²) in [7, 11) is 2.71. The standard InChI is InChI=1S/C21H31F3N4O3.HI/c1-4-25-20(27-13-19(29)28(2)14-21(22,23)24)26-12-15-9-10-17(30-3)11-18(15)31-16-7-5-6-8-16;/h9-11,16H,4-8,12-14H2,1-3H3,(H2,25,26,27);1H. The second kappa shape index (κ2) is 13.6. The monoisotopic (exact) mass is 572 g/mol. The summed E-state index contributed by atoms with van der Waals surface area (Å²) in [5.41, 5.74) is 0.852. The molecule has 0 aromatic heterocycles. The smallest absolute Gasteiger partial charge is 0.406 e. The van der Waals surface area contributed by atoms with Crippen LogP contribution >= 0.6 is 24.0 Å². The Labute approximate surface area is 204 Å². The summed E-state index contributed by atoms with van der Waals surface area (Å²) in [6.45, 7) is 1.07. The minimum absolute atomic E-state index is 0. The second-order valence-corrected chi connectivity index (χ2v) is 7.41. The van der Waals surface area contributed by atoms with Gasteiger partial charge in [0.25, 0.3) is 0 Å². The Morgan fingerprint density at radius 3 is 2.53 bits per heavy atom. The number of likely N-dealkylation sites (N-methyl/N-ethyl adjacent to an activating group) is 1. The molecule has 1 aliphatic rings. The minimum Gasteiger partial charge on any atom is -0.497 e. The lowest BCUT2D eigenvalue weighted by atomic mass is 10.2. The molecule has 0 bridgehead atoms. The summed E-state index contributed by atoms with van der Waals surface area (Å²) < 4.78 is 48.8. The molecule has 2 rings (SSSR count). The largest absolute Gasteiger partial charge is 0.497 e. The zero-order valence-electron chi connectivity index (χ0n) is 18.6. The molecule has 0 saturated heterocycles. The molecule has 0 radical (unpaired) electrons. The average Bonchev–Trinajstić information content (AvgIpc) is 3.22. The number of nitrogens with one attached hydrogen (secondary N) is 2. The number of ether oxygens (including phenoxy) is 2. The van der Waals surface area contributed by atoms with Gasteiger partial charge in [-0.15, -0.1) is 24.0 Å². The van der Waals surface area contributed by atoms with Gasteiger partial charge in [-0.25, -0.2) is 4.99 Å². The average molecular weight is 572 g/mol. The number of carbonyl (C=O) groups excluding carboxylic acids is 1. The van der Waals surface area contributed by atoms with E-state index in [1.807, 2.05) is 25.1 Å². The predicted molar refractivity (Wildman–Crippen MR) is 128 cm³/mol. The molecule has 1 saturated carbocycles. The lowest BCUT2D eigenvalue weighted by Gasteiger charge is -2.20. The first-order valence-corrected chi connectivity index (χ1v) is 10.4. The first kappa shape index (κ1) is 28.1. The third-order valence-electron chi connectivity index (χ3n) is 4.87. The highest BCUT2D eigenvalue weighted by molar-refractivity contribution is 14.0. The van der Waals surface area contributed by atoms with Crippen molar-refractivity contribution in [3.05, 3.63) is 23.8 Å². The van der Waals surface area contributed by atoms with Gasteiger partial charge < -0.3 is 25.0 Å². The van der Waals surface area contributed by atoms with Crippen molar-refractivity contribution in [2.75, 3.05) is 33.8 Å². The van der Waals surface area contributed by atoms with Crippen LogP contribution in [0.15, 0.2) is 23.2 Å². The highest BCUT2D eigenvalue weighted by Crippen LogP contribution is 2.30. The van der Waals surface area contributed by atoms with Crippen molar-refractivity contribution in [2.24, 2.45) is 4.99 Å². The van der Waals surface area contributed by atoms with Crippen LogP contribution in [0, 0.1) is 0 Å². The van der Waals surface area contributed by atoms with Crippen LogP contribution in [0.25, 0.3) is 0 Å². The zero-order valence-corrected chi connectivity index (χ0v) is 21.0. The van der Waals surface area contributed by atoms with Crippen molar-refractivity contribution < 1.29 is 27.4 Å². The number of guanidine groups is 1. The van der Waals surface area contributed by atoms with Gasteiger partial charge in [-0.3, -0.25) is 4.79 Å². The van der Waals surface area contributed by atoms with Crippen LogP contribution in [0.2, 0.25) is 0 Å². The van der Waals surface area contributed by atoms with E-state index >= 15 is 0 Å². The van der Waals surface area contributed by atoms with Gasteiger partial charge in [-0.05, 0) is 44.7 Å². The molecule has 32 heavy (non-hydrogen) atoms. The Kier molecular flexibility index (Phi) is 11.9. The molecule has 1 aromatic rings. The maximum atomic E-state index is 12.5. The number of halogens is 4. The van der Waals surface area contributed by atoms with E-state index in [0.717, 1.165) is 38.3 Å². The predicted octanol–water partition coefficient (Wildman–Crippen LogP) is 3.71. The molecule has 1 aliphatic carbocycles. The zero-order chi connectivity index (χ0) is 22.9. The van der Waals surface area contributed by atoms with Gasteiger partial charge in [0, 0.05) is 25.2 Å². The van der Waals surface area contributed by atoms with Crippen LogP contribution in [0.5, 0.6) is 11.5 Å². The molecule has 182 valence electrons. The SMILES string of the molecule is CCNC(=NCc1ccc(OC)cc1OC1CCCC1)NCC(=O)N(C)CC(F)(F)F.I. The van der Waals surface area contributed by atoms with Gasteiger partial charge in [-0.2, -0.15) is 13.2 Å². The number of methoxy groups -OCH3 is 1. The quantitative estimate of drug-likeness (QED) is 0.268. The van der Waals surface area contributed by atoms with Gasteiger partial charge in [0.05, 0.1) is 26.3 Å². The number of alkyl halides is 3. The van der Waals surface area contributed by atoms with Crippen molar-refractivity contribution in [2.45, 2.75) is 51.4 Å². The Hall–Kier alpha value is -1.92. The Balaban J connectivity index is 0.00000512. The summed E-state index contributed by atoms with van der Waals surface area (Å²) >= 11 is 0. The van der Waals surface area contributed by atoms with Gasteiger partial charge in [0.2, 0.25) is 5.91 Å². The van der Waals surface area contributed by atoms with E-state index in [-0.39, 0.29) is 43.2 Å². The Bertz CT molecular complexity index is 756. The topological polar surface area (TPSA) is 75.2 Å². The van der Waals surface area contributed by atoms with Crippen LogP contribution in [-0.4, -0.2) is 62.8 Å². The number of nitrogens with zero attached hydrogens (tertiary/aromatic N) is 2. The number of hydrogen-bond acceptors (Lipinski definition) is 4. The highest BCUT2D eigenvalue weighted by Gasteiger charge is 2.31. The van der Waals surface area contributed by atoms with Crippen LogP contribution in [0.4, 0.5) is 13.2 Å². The number of aliphatic imine (C=N–C) groups is 1. The Morgan fingerprint density at radius 1 is 1.25 bits per heavy atom. The molecule has 1 aromatic carbocycles. The lowest BCUT2D eigenvalue weighted by Crippen LogP contribution is -2.45. The lowest BCUT2D eigenvalue weighted by molar-refractivity contribution is -0.157. The van der Waals surface area contributed by atoms with Crippen molar-refractivity contribution in [3.63, 3.8) is 0 Å². The van der Waals surface area contributed by atoms with Gasteiger partial charge in [0.15, 0.2) is 5.96 Å². The third-order valence-corrected chi connectivity index (χ3v) is 4.87. The molecular weight excluding hydrogens is 540 g/mol. The first-order chi connectivity index (χ1) is 14.7. The highest BCUT2D eigenvalue weighted by atomic mass is 127. The second-order valence-electron chi connectivity index (χ2n) is 7.41. The van der Waals surface area contributed by atoms with Crippen molar-refractivity contribution >= 4 is 35.8 Å². The maximum absolute atomic E-state index is 12.5. The van der Waals surface area contributed by atoms with Crippen LogP contribution < -0.4 is 20.1 Å². The summed E-state index contributed by atoms with van der Waals surface area (Å²) in [5, 5.41) is 5.78. The first-order valence-electron chi connectivity index (χ1n) is 10.4. The Morgan fingerprint density at radius 2 is 1.94 bits per heavy atom. The number of carbonyl (C=O) groups is 1. The van der Waals surface area contributed by atoms with Crippen LogP contribution in [0.3, 0.4) is 0 Å². The number of amides is 1. The normalized spacial score (nSPS) is 14.5. The number of rotatable bonds is 9. The molecule has 1 fully saturated rings. The molecule has 11 heteroatoms. The van der Waals surface area contributed by atoms with Gasteiger partial charge in [0.1, 0.15) is 18.0 Å². The molecule has 0 spiro atoms. The molecular formula is C21H32F3IN4O3. The van der Waals surface area contributed by atoms with E-state index < -0.39 is 18.6 Å². The van der Waals surface area contributed by atoms with E-state index in [1.165, 1.54) is 0 Å². The van der Waals surface area contributed by atoms with E-state index in [1.54, 1.807) is 7.11 Å². The summed E-state index contributed by atoms with van der Waals surface area (Å²) in [5.74, 6) is 1.03. The van der Waals surface area contributed by atoms with Crippen LogP contribution in [0.1, 0.15) is 38.2 Å². The van der Waals surface area contributed by atoms with Crippen LogP contribution in [-0.2, 0) is 11.3 Å².